The summed E-state index contributed by atoms with van der Waals surface area (Å²) in [5.41, 5.74) is 5.58. The highest BCUT2D eigenvalue weighted by Crippen LogP contribution is 2.12. The van der Waals surface area contributed by atoms with E-state index in [4.69, 9.17) is 10.2 Å². The smallest absolute Gasteiger partial charge is 0.113 e. The quantitative estimate of drug-likeness (QED) is 0.751. The van der Waals surface area contributed by atoms with Gasteiger partial charge in [0.15, 0.2) is 0 Å². The van der Waals surface area contributed by atoms with Gasteiger partial charge in [0.1, 0.15) is 5.76 Å². The van der Waals surface area contributed by atoms with Crippen LogP contribution in [0.25, 0.3) is 0 Å². The number of thioether (sulfide) groups is 1. The van der Waals surface area contributed by atoms with Crippen LogP contribution in [0.1, 0.15) is 12.7 Å². The van der Waals surface area contributed by atoms with Crippen molar-refractivity contribution >= 4 is 11.8 Å². The maximum absolute atomic E-state index is 5.58. The lowest BCUT2D eigenvalue weighted by Crippen LogP contribution is -2.17. The third-order valence-corrected chi connectivity index (χ3v) is 2.46. The summed E-state index contributed by atoms with van der Waals surface area (Å²) in [5.74, 6) is 2.94. The molecule has 1 heterocycles. The Morgan fingerprint density at radius 2 is 2.55 bits per heavy atom. The molecule has 0 aliphatic rings. The molecule has 62 valence electrons. The first-order valence-electron chi connectivity index (χ1n) is 3.65. The maximum Gasteiger partial charge on any atom is 0.113 e. The molecular weight excluding hydrogens is 158 g/mol. The fourth-order valence-corrected chi connectivity index (χ4v) is 1.60. The van der Waals surface area contributed by atoms with E-state index in [1.807, 2.05) is 19.1 Å². The Hall–Kier alpha value is -0.410. The molecule has 3 heteroatoms. The minimum Gasteiger partial charge on any atom is -0.468 e. The van der Waals surface area contributed by atoms with Crippen molar-refractivity contribution in [3.63, 3.8) is 0 Å². The van der Waals surface area contributed by atoms with Crippen LogP contribution in [0.15, 0.2) is 22.8 Å². The zero-order chi connectivity index (χ0) is 8.10. The molecule has 1 atom stereocenters. The summed E-state index contributed by atoms with van der Waals surface area (Å²) in [6.07, 6.45) is 1.70. The van der Waals surface area contributed by atoms with Crippen molar-refractivity contribution in [1.82, 2.24) is 0 Å². The van der Waals surface area contributed by atoms with Crippen molar-refractivity contribution < 1.29 is 4.42 Å². The normalized spacial score (nSPS) is 13.3. The van der Waals surface area contributed by atoms with Crippen LogP contribution in [0.3, 0.4) is 0 Å². The van der Waals surface area contributed by atoms with Crippen molar-refractivity contribution in [2.24, 2.45) is 5.73 Å². The minimum absolute atomic E-state index is 0.273. The van der Waals surface area contributed by atoms with Gasteiger partial charge in [0, 0.05) is 11.8 Å². The van der Waals surface area contributed by atoms with Gasteiger partial charge in [-0.1, -0.05) is 0 Å². The molecule has 0 aromatic carbocycles. The Morgan fingerprint density at radius 3 is 3.09 bits per heavy atom. The Bertz CT molecular complexity index is 184. The summed E-state index contributed by atoms with van der Waals surface area (Å²) in [4.78, 5) is 0. The van der Waals surface area contributed by atoms with Crippen LogP contribution in [0.4, 0.5) is 0 Å². The van der Waals surface area contributed by atoms with Crippen LogP contribution in [0.2, 0.25) is 0 Å². The van der Waals surface area contributed by atoms with E-state index in [0.717, 1.165) is 17.3 Å². The van der Waals surface area contributed by atoms with E-state index in [1.54, 1.807) is 18.0 Å². The Kier molecular flexibility index (Phi) is 3.52. The monoisotopic (exact) mass is 171 g/mol. The predicted octanol–water partition coefficient (Wildman–Crippen LogP) is 1.86. The molecule has 1 rings (SSSR count). The van der Waals surface area contributed by atoms with E-state index in [9.17, 15) is 0 Å². The molecule has 0 saturated heterocycles. The molecule has 0 unspecified atom stereocenters. The second-order valence-electron chi connectivity index (χ2n) is 2.57. The molecule has 0 spiro atoms. The van der Waals surface area contributed by atoms with E-state index in [-0.39, 0.29) is 6.04 Å². The van der Waals surface area contributed by atoms with Crippen LogP contribution < -0.4 is 5.73 Å². The van der Waals surface area contributed by atoms with E-state index in [2.05, 4.69) is 0 Å². The maximum atomic E-state index is 5.58. The van der Waals surface area contributed by atoms with Gasteiger partial charge in [0.2, 0.25) is 0 Å². The topological polar surface area (TPSA) is 39.2 Å². The zero-order valence-electron chi connectivity index (χ0n) is 6.62. The summed E-state index contributed by atoms with van der Waals surface area (Å²) in [5, 5.41) is 0. The van der Waals surface area contributed by atoms with E-state index >= 15 is 0 Å². The van der Waals surface area contributed by atoms with Crippen LogP contribution in [-0.2, 0) is 5.75 Å². The van der Waals surface area contributed by atoms with Gasteiger partial charge >= 0.3 is 0 Å². The molecule has 0 saturated carbocycles. The van der Waals surface area contributed by atoms with Crippen molar-refractivity contribution in [2.75, 3.05) is 5.75 Å². The van der Waals surface area contributed by atoms with Crippen LogP contribution in [-0.4, -0.2) is 11.8 Å². The molecular formula is C8H13NOS. The van der Waals surface area contributed by atoms with Gasteiger partial charge in [-0.2, -0.15) is 11.8 Å². The van der Waals surface area contributed by atoms with Gasteiger partial charge in [-0.25, -0.2) is 0 Å². The molecule has 1 aromatic rings. The van der Waals surface area contributed by atoms with Crippen LogP contribution >= 0.6 is 11.8 Å². The molecule has 0 aliphatic carbocycles. The van der Waals surface area contributed by atoms with Crippen molar-refractivity contribution in [2.45, 2.75) is 18.7 Å². The van der Waals surface area contributed by atoms with Gasteiger partial charge in [-0.3, -0.25) is 0 Å². The average Bonchev–Trinajstić information content (AvgIpc) is 2.39. The van der Waals surface area contributed by atoms with Gasteiger partial charge in [-0.15, -0.1) is 0 Å². The lowest BCUT2D eigenvalue weighted by Gasteiger charge is -2.01. The summed E-state index contributed by atoms with van der Waals surface area (Å²) in [6.45, 7) is 2.01. The molecule has 0 aliphatic heterocycles. The molecule has 0 bridgehead atoms. The summed E-state index contributed by atoms with van der Waals surface area (Å²) in [6, 6.07) is 4.16. The van der Waals surface area contributed by atoms with Crippen molar-refractivity contribution in [3.05, 3.63) is 24.2 Å². The van der Waals surface area contributed by atoms with E-state index < -0.39 is 0 Å². The van der Waals surface area contributed by atoms with Crippen LogP contribution in [0.5, 0.6) is 0 Å². The average molecular weight is 171 g/mol. The summed E-state index contributed by atoms with van der Waals surface area (Å²) in [7, 11) is 0. The van der Waals surface area contributed by atoms with Crippen molar-refractivity contribution in [3.8, 4) is 0 Å². The largest absolute Gasteiger partial charge is 0.468 e. The van der Waals surface area contributed by atoms with E-state index in [1.165, 1.54) is 0 Å². The number of rotatable bonds is 4. The molecule has 2 nitrogen and oxygen atoms in total. The van der Waals surface area contributed by atoms with Crippen LogP contribution in [0, 0.1) is 0 Å². The fourth-order valence-electron chi connectivity index (χ4n) is 0.740. The first kappa shape index (κ1) is 8.68. The van der Waals surface area contributed by atoms with Crippen molar-refractivity contribution in [1.29, 1.82) is 0 Å². The molecule has 0 fully saturated rings. The molecule has 2 N–H and O–H groups in total. The third-order valence-electron chi connectivity index (χ3n) is 1.21. The van der Waals surface area contributed by atoms with E-state index in [0.29, 0.717) is 0 Å². The van der Waals surface area contributed by atoms with Gasteiger partial charge in [0.25, 0.3) is 0 Å². The Balaban J connectivity index is 2.14. The third kappa shape index (κ3) is 3.49. The molecule has 0 radical (unpaired) electrons. The van der Waals surface area contributed by atoms with Gasteiger partial charge in [0.05, 0.1) is 12.0 Å². The number of hydrogen-bond acceptors (Lipinski definition) is 3. The molecule has 1 aromatic heterocycles. The highest BCUT2D eigenvalue weighted by Gasteiger charge is 1.97. The Labute approximate surface area is 71.1 Å². The molecule has 0 amide bonds. The van der Waals surface area contributed by atoms with Gasteiger partial charge < -0.3 is 10.2 Å². The first-order chi connectivity index (χ1) is 5.29. The summed E-state index contributed by atoms with van der Waals surface area (Å²) >= 11 is 1.80. The highest BCUT2D eigenvalue weighted by atomic mass is 32.2. The second-order valence-corrected chi connectivity index (χ2v) is 3.60. The molecule has 11 heavy (non-hydrogen) atoms. The standard InChI is InChI=1S/C8H13NOS/c1-7(9)5-11-6-8-3-2-4-10-8/h2-4,7H,5-6,9H2,1H3/t7-/m1/s1. The Morgan fingerprint density at radius 1 is 1.73 bits per heavy atom. The minimum atomic E-state index is 0.273. The number of hydrogen-bond donors (Lipinski definition) is 1. The lowest BCUT2D eigenvalue weighted by atomic mass is 10.4. The van der Waals surface area contributed by atoms with Gasteiger partial charge in [-0.05, 0) is 19.1 Å². The first-order valence-corrected chi connectivity index (χ1v) is 4.80. The number of nitrogens with two attached hydrogens (primary N) is 1. The fraction of sp³-hybridized carbons (Fsp3) is 0.500. The predicted molar refractivity (Wildman–Crippen MR) is 48.5 cm³/mol. The zero-order valence-corrected chi connectivity index (χ0v) is 7.43. The SMILES string of the molecule is C[C@@H](N)CSCc1ccco1. The highest BCUT2D eigenvalue weighted by molar-refractivity contribution is 7.98. The lowest BCUT2D eigenvalue weighted by molar-refractivity contribution is 0.530. The second kappa shape index (κ2) is 4.46. The number of furan rings is 1. The summed E-state index contributed by atoms with van der Waals surface area (Å²) < 4.78 is 5.15.